The van der Waals surface area contributed by atoms with Crippen LogP contribution in [-0.4, -0.2) is 66.1 Å². The Morgan fingerprint density at radius 1 is 1.07 bits per heavy atom. The molecule has 1 aliphatic heterocycles. The SMILES string of the molecule is CN1CCN(Cc2cc(C(F)(F)F)c3cn(-c4cccc([C@H](c5nncn5C)C5CCC5)c4)c(=O)n3c2)CC1=O. The molecule has 1 aliphatic carbocycles. The first kappa shape index (κ1) is 26.3. The third-order valence-electron chi connectivity index (χ3n) is 8.22. The summed E-state index contributed by atoms with van der Waals surface area (Å²) in [4.78, 5) is 29.1. The van der Waals surface area contributed by atoms with Crippen LogP contribution in [0.3, 0.4) is 0 Å². The van der Waals surface area contributed by atoms with Crippen LogP contribution in [0.1, 0.15) is 47.7 Å². The highest BCUT2D eigenvalue weighted by atomic mass is 19.4. The van der Waals surface area contributed by atoms with Crippen LogP contribution >= 0.6 is 0 Å². The Morgan fingerprint density at radius 2 is 1.88 bits per heavy atom. The lowest BCUT2D eigenvalue weighted by Gasteiger charge is -2.33. The summed E-state index contributed by atoms with van der Waals surface area (Å²) in [6, 6.07) is 8.46. The van der Waals surface area contributed by atoms with Gasteiger partial charge in [0.15, 0.2) is 0 Å². The van der Waals surface area contributed by atoms with Crippen molar-refractivity contribution in [1.82, 2.24) is 33.5 Å². The first-order valence-corrected chi connectivity index (χ1v) is 13.3. The van der Waals surface area contributed by atoms with Gasteiger partial charge >= 0.3 is 11.9 Å². The van der Waals surface area contributed by atoms with Gasteiger partial charge in [0.05, 0.1) is 23.3 Å². The van der Waals surface area contributed by atoms with E-state index in [0.29, 0.717) is 30.3 Å². The van der Waals surface area contributed by atoms with E-state index in [1.807, 2.05) is 29.8 Å². The number of aryl methyl sites for hydroxylation is 1. The summed E-state index contributed by atoms with van der Waals surface area (Å²) >= 11 is 0. The number of nitrogens with zero attached hydrogens (tertiary/aromatic N) is 7. The molecule has 210 valence electrons. The van der Waals surface area contributed by atoms with Gasteiger partial charge < -0.3 is 9.47 Å². The fraction of sp³-hybridized carbons (Fsp3) is 0.429. The molecule has 4 heterocycles. The van der Waals surface area contributed by atoms with Crippen LogP contribution in [0.15, 0.2) is 53.8 Å². The number of rotatable bonds is 6. The Kier molecular flexibility index (Phi) is 6.52. The number of carbonyl (C=O) groups excluding carboxylic acids is 1. The minimum Gasteiger partial charge on any atom is -0.343 e. The average molecular weight is 554 g/mol. The summed E-state index contributed by atoms with van der Waals surface area (Å²) in [6.07, 6.45) is 2.93. The molecule has 1 saturated heterocycles. The monoisotopic (exact) mass is 553 g/mol. The molecule has 1 saturated carbocycles. The first-order valence-electron chi connectivity index (χ1n) is 13.3. The minimum atomic E-state index is -4.67. The van der Waals surface area contributed by atoms with Crippen LogP contribution < -0.4 is 5.69 Å². The smallest absolute Gasteiger partial charge is 0.343 e. The molecule has 1 aromatic carbocycles. The summed E-state index contributed by atoms with van der Waals surface area (Å²) in [5.41, 5.74) is 0.0497. The first-order chi connectivity index (χ1) is 19.1. The number of likely N-dealkylation sites (N-methyl/N-ethyl adjacent to an activating group) is 1. The molecule has 0 bridgehead atoms. The van der Waals surface area contributed by atoms with E-state index < -0.39 is 17.4 Å². The van der Waals surface area contributed by atoms with E-state index in [0.717, 1.165) is 41.1 Å². The fourth-order valence-corrected chi connectivity index (χ4v) is 5.79. The van der Waals surface area contributed by atoms with Gasteiger partial charge in [0, 0.05) is 52.0 Å². The van der Waals surface area contributed by atoms with Crippen molar-refractivity contribution in [3.05, 3.63) is 82.1 Å². The molecule has 12 heteroatoms. The van der Waals surface area contributed by atoms with Gasteiger partial charge in [-0.15, -0.1) is 10.2 Å². The number of benzene rings is 1. The van der Waals surface area contributed by atoms with E-state index in [2.05, 4.69) is 10.2 Å². The van der Waals surface area contributed by atoms with Gasteiger partial charge in [-0.05, 0) is 48.1 Å². The zero-order valence-electron chi connectivity index (χ0n) is 22.3. The van der Waals surface area contributed by atoms with E-state index in [1.54, 1.807) is 29.2 Å². The minimum absolute atomic E-state index is 0.0300. The summed E-state index contributed by atoms with van der Waals surface area (Å²) in [7, 11) is 3.59. The summed E-state index contributed by atoms with van der Waals surface area (Å²) in [5, 5.41) is 8.39. The van der Waals surface area contributed by atoms with Gasteiger partial charge in [-0.3, -0.25) is 18.7 Å². The van der Waals surface area contributed by atoms with E-state index in [4.69, 9.17) is 0 Å². The van der Waals surface area contributed by atoms with Gasteiger partial charge in [0.1, 0.15) is 12.2 Å². The molecule has 0 radical (unpaired) electrons. The number of alkyl halides is 3. The highest BCUT2D eigenvalue weighted by molar-refractivity contribution is 5.78. The molecule has 6 rings (SSSR count). The topological polar surface area (TPSA) is 80.7 Å². The summed E-state index contributed by atoms with van der Waals surface area (Å²) in [6.45, 7) is 1.28. The number of carbonyl (C=O) groups is 1. The van der Waals surface area contributed by atoms with Crippen LogP contribution in [0.25, 0.3) is 11.2 Å². The van der Waals surface area contributed by atoms with Gasteiger partial charge in [0.25, 0.3) is 0 Å². The Labute approximate surface area is 228 Å². The fourth-order valence-electron chi connectivity index (χ4n) is 5.79. The molecule has 0 spiro atoms. The Hall–Kier alpha value is -3.93. The van der Waals surface area contributed by atoms with Crippen LogP contribution in [0.4, 0.5) is 13.2 Å². The predicted octanol–water partition coefficient (Wildman–Crippen LogP) is 3.44. The molecule has 2 fully saturated rings. The largest absolute Gasteiger partial charge is 0.418 e. The maximum absolute atomic E-state index is 14.2. The quantitative estimate of drug-likeness (QED) is 0.366. The highest BCUT2D eigenvalue weighted by Gasteiger charge is 2.36. The lowest BCUT2D eigenvalue weighted by atomic mass is 9.72. The number of hydrogen-bond acceptors (Lipinski definition) is 5. The highest BCUT2D eigenvalue weighted by Crippen LogP contribution is 2.43. The molecule has 3 aromatic heterocycles. The van der Waals surface area contributed by atoms with Crippen LogP contribution in [0.2, 0.25) is 0 Å². The number of halogens is 3. The second kappa shape index (κ2) is 9.92. The molecular weight excluding hydrogens is 523 g/mol. The van der Waals surface area contributed by atoms with Crippen LogP contribution in [-0.2, 0) is 24.6 Å². The Bertz CT molecular complexity index is 1630. The van der Waals surface area contributed by atoms with Gasteiger partial charge in [-0.2, -0.15) is 13.2 Å². The van der Waals surface area contributed by atoms with E-state index in [-0.39, 0.29) is 30.4 Å². The van der Waals surface area contributed by atoms with Crippen LogP contribution in [0, 0.1) is 5.92 Å². The average Bonchev–Trinajstić information content (AvgIpc) is 3.45. The normalized spacial score (nSPS) is 17.9. The van der Waals surface area contributed by atoms with Crippen molar-refractivity contribution in [1.29, 1.82) is 0 Å². The molecule has 1 amide bonds. The molecule has 1 atom stereocenters. The number of piperazine rings is 1. The third kappa shape index (κ3) is 4.70. The second-order valence-corrected chi connectivity index (χ2v) is 10.9. The summed E-state index contributed by atoms with van der Waals surface area (Å²) in [5.74, 6) is 1.08. The zero-order valence-corrected chi connectivity index (χ0v) is 22.3. The van der Waals surface area contributed by atoms with E-state index in [1.165, 1.54) is 17.0 Å². The predicted molar refractivity (Wildman–Crippen MR) is 141 cm³/mol. The van der Waals surface area contributed by atoms with Crippen molar-refractivity contribution in [2.24, 2.45) is 13.0 Å². The maximum atomic E-state index is 14.2. The number of hydrogen-bond donors (Lipinski definition) is 0. The molecule has 9 nitrogen and oxygen atoms in total. The molecular formula is C28H30F3N7O2. The number of fused-ring (bicyclic) bond motifs is 1. The van der Waals surface area contributed by atoms with Crippen LogP contribution in [0.5, 0.6) is 0 Å². The summed E-state index contributed by atoms with van der Waals surface area (Å²) < 4.78 is 46.9. The second-order valence-electron chi connectivity index (χ2n) is 10.9. The number of amides is 1. The standard InChI is InChI=1S/C28H30F3N7O2/c1-34-9-10-36(16-24(34)39)13-18-11-22(28(29,30)31)23-15-37(27(40)38(23)14-18)21-8-4-7-20(12-21)25(19-5-3-6-19)26-33-32-17-35(26)2/h4,7-8,11-12,14-15,17,19,25H,3,5-6,9-10,13,16H2,1-2H3/t25-/m1/s1. The number of pyridine rings is 1. The van der Waals surface area contributed by atoms with Crippen molar-refractivity contribution >= 4 is 11.4 Å². The van der Waals surface area contributed by atoms with Gasteiger partial charge in [0.2, 0.25) is 5.91 Å². The van der Waals surface area contributed by atoms with E-state index >= 15 is 0 Å². The Balaban J connectivity index is 1.41. The zero-order chi connectivity index (χ0) is 28.2. The lowest BCUT2D eigenvalue weighted by Crippen LogP contribution is -2.48. The maximum Gasteiger partial charge on any atom is 0.418 e. The number of aromatic nitrogens is 5. The van der Waals surface area contributed by atoms with E-state index in [9.17, 15) is 22.8 Å². The molecule has 4 aromatic rings. The van der Waals surface area contributed by atoms with Crippen molar-refractivity contribution in [3.63, 3.8) is 0 Å². The lowest BCUT2D eigenvalue weighted by molar-refractivity contribution is -0.137. The molecule has 0 unspecified atom stereocenters. The van der Waals surface area contributed by atoms with Crippen molar-refractivity contribution in [2.75, 3.05) is 26.7 Å². The number of imidazole rings is 1. The third-order valence-corrected chi connectivity index (χ3v) is 8.22. The molecule has 2 aliphatic rings. The Morgan fingerprint density at radius 3 is 2.52 bits per heavy atom. The van der Waals surface area contributed by atoms with Crippen molar-refractivity contribution in [3.8, 4) is 5.69 Å². The van der Waals surface area contributed by atoms with Gasteiger partial charge in [-0.1, -0.05) is 18.6 Å². The van der Waals surface area contributed by atoms with Gasteiger partial charge in [-0.25, -0.2) is 4.79 Å². The van der Waals surface area contributed by atoms with Crippen molar-refractivity contribution < 1.29 is 18.0 Å². The molecule has 0 N–H and O–H groups in total. The molecule has 40 heavy (non-hydrogen) atoms. The van der Waals surface area contributed by atoms with Crippen molar-refractivity contribution in [2.45, 2.75) is 37.9 Å².